The van der Waals surface area contributed by atoms with E-state index in [0.717, 1.165) is 25.9 Å². The quantitative estimate of drug-likeness (QED) is 0.745. The number of aliphatic carboxylic acids is 1. The average molecular weight is 268 g/mol. The summed E-state index contributed by atoms with van der Waals surface area (Å²) in [5.41, 5.74) is 0.298. The molecule has 0 spiro atoms. The van der Waals surface area contributed by atoms with Gasteiger partial charge in [0.15, 0.2) is 0 Å². The minimum Gasteiger partial charge on any atom is -0.478 e. The van der Waals surface area contributed by atoms with Crippen molar-refractivity contribution in [3.63, 3.8) is 0 Å². The third kappa shape index (κ3) is 8.15. The Morgan fingerprint density at radius 3 is 2.47 bits per heavy atom. The SMILES string of the molecule is C=C(CCCN(C)C)C(=O)O.C=CN1CCCC1=O. The maximum Gasteiger partial charge on any atom is 0.330 e. The van der Waals surface area contributed by atoms with Gasteiger partial charge in [0.2, 0.25) is 5.91 Å². The fourth-order valence-corrected chi connectivity index (χ4v) is 1.58. The van der Waals surface area contributed by atoms with E-state index in [4.69, 9.17) is 5.11 Å². The molecule has 0 bridgehead atoms. The zero-order valence-electron chi connectivity index (χ0n) is 11.9. The van der Waals surface area contributed by atoms with E-state index in [1.54, 1.807) is 11.1 Å². The van der Waals surface area contributed by atoms with Crippen LogP contribution in [0.15, 0.2) is 24.9 Å². The van der Waals surface area contributed by atoms with E-state index in [1.165, 1.54) is 0 Å². The molecule has 1 saturated heterocycles. The second-order valence-corrected chi connectivity index (χ2v) is 4.69. The number of nitrogens with zero attached hydrogens (tertiary/aromatic N) is 2. The number of hydrogen-bond acceptors (Lipinski definition) is 3. The number of hydrogen-bond donors (Lipinski definition) is 1. The average Bonchev–Trinajstić information content (AvgIpc) is 2.74. The molecule has 5 nitrogen and oxygen atoms in total. The first kappa shape index (κ1) is 17.4. The lowest BCUT2D eigenvalue weighted by atomic mass is 10.1. The molecule has 0 aromatic heterocycles. The maximum absolute atomic E-state index is 10.7. The first-order valence-electron chi connectivity index (χ1n) is 6.36. The maximum atomic E-state index is 10.7. The van der Waals surface area contributed by atoms with Gasteiger partial charge in [0.1, 0.15) is 0 Å². The molecule has 0 saturated carbocycles. The molecule has 1 aliphatic heterocycles. The van der Waals surface area contributed by atoms with E-state index in [-0.39, 0.29) is 5.91 Å². The molecule has 1 rings (SSSR count). The smallest absolute Gasteiger partial charge is 0.330 e. The van der Waals surface area contributed by atoms with E-state index < -0.39 is 5.97 Å². The predicted octanol–water partition coefficient (Wildman–Crippen LogP) is 1.72. The third-order valence-electron chi connectivity index (χ3n) is 2.72. The molecule has 0 unspecified atom stereocenters. The Bertz CT molecular complexity index is 338. The molecule has 1 fully saturated rings. The number of carboxylic acids is 1. The van der Waals surface area contributed by atoms with Crippen molar-refractivity contribution in [1.29, 1.82) is 0 Å². The van der Waals surface area contributed by atoms with Crippen molar-refractivity contribution >= 4 is 11.9 Å². The highest BCUT2D eigenvalue weighted by Crippen LogP contribution is 2.08. The van der Waals surface area contributed by atoms with Crippen LogP contribution in [0.4, 0.5) is 0 Å². The summed E-state index contributed by atoms with van der Waals surface area (Å²) in [4.78, 5) is 24.6. The Labute approximate surface area is 115 Å². The van der Waals surface area contributed by atoms with Gasteiger partial charge in [-0.1, -0.05) is 13.2 Å². The van der Waals surface area contributed by atoms with E-state index in [9.17, 15) is 9.59 Å². The van der Waals surface area contributed by atoms with Crippen LogP contribution in [0.2, 0.25) is 0 Å². The normalized spacial score (nSPS) is 14.1. The van der Waals surface area contributed by atoms with Gasteiger partial charge in [-0.3, -0.25) is 4.79 Å². The molecule has 1 N–H and O–H groups in total. The van der Waals surface area contributed by atoms with Crippen molar-refractivity contribution in [2.24, 2.45) is 0 Å². The molecule has 0 atom stereocenters. The van der Waals surface area contributed by atoms with Gasteiger partial charge in [-0.2, -0.15) is 0 Å². The number of carbonyl (C=O) groups is 2. The van der Waals surface area contributed by atoms with Crippen LogP contribution in [0.25, 0.3) is 0 Å². The van der Waals surface area contributed by atoms with Gasteiger partial charge in [0, 0.05) is 18.5 Å². The van der Waals surface area contributed by atoms with Crippen molar-refractivity contribution < 1.29 is 14.7 Å². The summed E-state index contributed by atoms with van der Waals surface area (Å²) >= 11 is 0. The summed E-state index contributed by atoms with van der Waals surface area (Å²) in [6.07, 6.45) is 4.72. The van der Waals surface area contributed by atoms with E-state index in [1.807, 2.05) is 19.0 Å². The molecule has 19 heavy (non-hydrogen) atoms. The Morgan fingerprint density at radius 2 is 2.16 bits per heavy atom. The van der Waals surface area contributed by atoms with Crippen LogP contribution in [0.1, 0.15) is 25.7 Å². The zero-order chi connectivity index (χ0) is 14.8. The fourth-order valence-electron chi connectivity index (χ4n) is 1.58. The van der Waals surface area contributed by atoms with Gasteiger partial charge in [-0.05, 0) is 46.1 Å². The summed E-state index contributed by atoms with van der Waals surface area (Å²) in [5.74, 6) is -0.677. The molecule has 5 heteroatoms. The Kier molecular flexibility index (Phi) is 8.53. The minimum atomic E-state index is -0.885. The van der Waals surface area contributed by atoms with Crippen LogP contribution in [0, 0.1) is 0 Å². The van der Waals surface area contributed by atoms with Crippen molar-refractivity contribution in [3.8, 4) is 0 Å². The minimum absolute atomic E-state index is 0.208. The standard InChI is InChI=1S/C8H15NO2.C6H9NO/c1-7(8(10)11)5-4-6-9(2)3;1-2-7-5-3-4-6(7)8/h1,4-6H2,2-3H3,(H,10,11);2H,1,3-5H2. The number of likely N-dealkylation sites (tertiary alicyclic amines) is 1. The lowest BCUT2D eigenvalue weighted by Crippen LogP contribution is -2.16. The first-order valence-corrected chi connectivity index (χ1v) is 6.36. The summed E-state index contributed by atoms with van der Waals surface area (Å²) in [6.45, 7) is 8.70. The Hall–Kier alpha value is -1.62. The molecule has 1 amide bonds. The molecule has 0 aromatic carbocycles. The van der Waals surface area contributed by atoms with Crippen molar-refractivity contribution in [3.05, 3.63) is 24.9 Å². The summed E-state index contributed by atoms with van der Waals surface area (Å²) < 4.78 is 0. The summed E-state index contributed by atoms with van der Waals surface area (Å²) in [6, 6.07) is 0. The van der Waals surface area contributed by atoms with Crippen LogP contribution >= 0.6 is 0 Å². The number of rotatable bonds is 6. The van der Waals surface area contributed by atoms with E-state index >= 15 is 0 Å². The van der Waals surface area contributed by atoms with Crippen molar-refractivity contribution in [2.45, 2.75) is 25.7 Å². The number of amides is 1. The largest absolute Gasteiger partial charge is 0.478 e. The third-order valence-corrected chi connectivity index (χ3v) is 2.72. The lowest BCUT2D eigenvalue weighted by molar-refractivity contribution is -0.132. The Morgan fingerprint density at radius 1 is 1.53 bits per heavy atom. The number of carboxylic acid groups (broad SMARTS) is 1. The highest BCUT2D eigenvalue weighted by atomic mass is 16.4. The van der Waals surface area contributed by atoms with Gasteiger partial charge in [0.25, 0.3) is 0 Å². The van der Waals surface area contributed by atoms with Crippen molar-refractivity contribution in [1.82, 2.24) is 9.80 Å². The number of carbonyl (C=O) groups excluding carboxylic acids is 1. The second kappa shape index (κ2) is 9.33. The predicted molar refractivity (Wildman–Crippen MR) is 75.7 cm³/mol. The highest BCUT2D eigenvalue weighted by Gasteiger charge is 2.16. The van der Waals surface area contributed by atoms with Gasteiger partial charge in [-0.15, -0.1) is 0 Å². The second-order valence-electron chi connectivity index (χ2n) is 4.69. The van der Waals surface area contributed by atoms with Gasteiger partial charge in [0.05, 0.1) is 0 Å². The van der Waals surface area contributed by atoms with E-state index in [0.29, 0.717) is 18.4 Å². The zero-order valence-corrected chi connectivity index (χ0v) is 11.9. The van der Waals surface area contributed by atoms with Crippen LogP contribution in [-0.2, 0) is 9.59 Å². The molecule has 1 aliphatic rings. The van der Waals surface area contributed by atoms with Gasteiger partial charge >= 0.3 is 5.97 Å². The highest BCUT2D eigenvalue weighted by molar-refractivity contribution is 5.85. The van der Waals surface area contributed by atoms with Crippen LogP contribution in [-0.4, -0.2) is 54.0 Å². The van der Waals surface area contributed by atoms with Crippen LogP contribution < -0.4 is 0 Å². The van der Waals surface area contributed by atoms with E-state index in [2.05, 4.69) is 13.2 Å². The van der Waals surface area contributed by atoms with Crippen molar-refractivity contribution in [2.75, 3.05) is 27.2 Å². The molecule has 0 aromatic rings. The molecular formula is C14H24N2O3. The summed E-state index contributed by atoms with van der Waals surface area (Å²) in [5, 5.41) is 8.43. The van der Waals surface area contributed by atoms with Crippen LogP contribution in [0.5, 0.6) is 0 Å². The van der Waals surface area contributed by atoms with Gasteiger partial charge < -0.3 is 14.9 Å². The topological polar surface area (TPSA) is 60.9 Å². The molecule has 0 radical (unpaired) electrons. The summed E-state index contributed by atoms with van der Waals surface area (Å²) in [7, 11) is 3.92. The Balaban J connectivity index is 0.000000356. The molecule has 0 aliphatic carbocycles. The molecular weight excluding hydrogens is 244 g/mol. The molecule has 1 heterocycles. The first-order chi connectivity index (χ1) is 8.88. The molecule has 108 valence electrons. The van der Waals surface area contributed by atoms with Crippen LogP contribution in [0.3, 0.4) is 0 Å². The fraction of sp³-hybridized carbons (Fsp3) is 0.571. The monoisotopic (exact) mass is 268 g/mol. The van der Waals surface area contributed by atoms with Gasteiger partial charge in [-0.25, -0.2) is 4.79 Å². The lowest BCUT2D eigenvalue weighted by Gasteiger charge is -2.08.